The highest BCUT2D eigenvalue weighted by molar-refractivity contribution is 7.83. The van der Waals surface area contributed by atoms with Gasteiger partial charge in [-0.3, -0.25) is 10.8 Å². The number of aliphatic imine (C=N–C) groups is 1. The minimum Gasteiger partial charge on any atom is -0.513 e. The molecule has 0 aliphatic heterocycles. The number of rotatable bonds is 8. The van der Waals surface area contributed by atoms with Crippen LogP contribution in [0.1, 0.15) is 5.56 Å². The molecule has 1 aromatic rings. The van der Waals surface area contributed by atoms with Crippen LogP contribution in [0.25, 0.3) is 5.70 Å². The van der Waals surface area contributed by atoms with E-state index in [1.807, 2.05) is 12.1 Å². The molecule has 0 aliphatic rings. The van der Waals surface area contributed by atoms with Crippen LogP contribution in [0.2, 0.25) is 0 Å². The molecular weight excluding hydrogens is 314 g/mol. The zero-order chi connectivity index (χ0) is 17.2. The predicted molar refractivity (Wildman–Crippen MR) is 98.1 cm³/mol. The summed E-state index contributed by atoms with van der Waals surface area (Å²) in [5.41, 5.74) is 16.9. The Balaban J connectivity index is 2.52. The van der Waals surface area contributed by atoms with E-state index in [2.05, 4.69) is 28.4 Å². The number of nitrogens with one attached hydrogen (secondary N) is 2. The van der Waals surface area contributed by atoms with E-state index in [1.165, 1.54) is 12.2 Å². The number of aliphatic hydroxyl groups excluding tert-OH is 1. The Bertz CT molecular complexity index is 583. The third-order valence-electron chi connectivity index (χ3n) is 2.93. The fourth-order valence-electron chi connectivity index (χ4n) is 1.68. The third kappa shape index (κ3) is 6.10. The van der Waals surface area contributed by atoms with Gasteiger partial charge < -0.3 is 27.3 Å². The zero-order valence-electron chi connectivity index (χ0n) is 12.9. The van der Waals surface area contributed by atoms with E-state index in [1.54, 1.807) is 17.5 Å². The topological polar surface area (TPSA) is 138 Å². The first-order valence-electron chi connectivity index (χ1n) is 6.81. The monoisotopic (exact) mass is 337 g/mol. The van der Waals surface area contributed by atoms with Gasteiger partial charge in [0.05, 0.1) is 12.2 Å². The fourth-order valence-corrected chi connectivity index (χ4v) is 1.88. The van der Waals surface area contributed by atoms with Gasteiger partial charge >= 0.3 is 0 Å². The van der Waals surface area contributed by atoms with Crippen molar-refractivity contribution < 1.29 is 5.11 Å². The van der Waals surface area contributed by atoms with Crippen molar-refractivity contribution in [3.05, 3.63) is 47.2 Å². The number of nitrogen functional groups attached to an aromatic ring is 1. The van der Waals surface area contributed by atoms with Crippen LogP contribution in [-0.4, -0.2) is 36.2 Å². The molecule has 23 heavy (non-hydrogen) atoms. The van der Waals surface area contributed by atoms with Crippen molar-refractivity contribution in [2.24, 2.45) is 16.6 Å². The summed E-state index contributed by atoms with van der Waals surface area (Å²) >= 11 is 4.18. The molecule has 0 atom stereocenters. The number of nitrogens with zero attached hydrogens (tertiary/aromatic N) is 2. The molecule has 0 heterocycles. The molecular formula is C14H23N7OS. The Morgan fingerprint density at radius 3 is 2.57 bits per heavy atom. The Morgan fingerprint density at radius 1 is 1.39 bits per heavy atom. The van der Waals surface area contributed by atoms with Crippen LogP contribution in [0.5, 0.6) is 0 Å². The van der Waals surface area contributed by atoms with Gasteiger partial charge in [-0.15, -0.1) is 12.6 Å². The smallest absolute Gasteiger partial charge is 0.145 e. The lowest BCUT2D eigenvalue weighted by Crippen LogP contribution is -2.46. The molecule has 0 fully saturated rings. The molecule has 9 heteroatoms. The second-order valence-electron chi connectivity index (χ2n) is 4.55. The Morgan fingerprint density at radius 2 is 2.04 bits per heavy atom. The summed E-state index contributed by atoms with van der Waals surface area (Å²) in [6.45, 7) is 0.863. The number of hydrogen-bond donors (Lipinski definition) is 7. The van der Waals surface area contributed by atoms with Gasteiger partial charge in [0, 0.05) is 19.3 Å². The van der Waals surface area contributed by atoms with Crippen LogP contribution in [0.15, 0.2) is 46.6 Å². The molecule has 0 bridgehead atoms. The normalized spacial score (nSPS) is 13.3. The summed E-state index contributed by atoms with van der Waals surface area (Å²) in [7, 11) is 1.54. The quantitative estimate of drug-likeness (QED) is 0.0682. The summed E-state index contributed by atoms with van der Waals surface area (Å²) in [6, 6.07) is 7.31. The van der Waals surface area contributed by atoms with E-state index < -0.39 is 0 Å². The van der Waals surface area contributed by atoms with Gasteiger partial charge in [0.25, 0.3) is 0 Å². The van der Waals surface area contributed by atoms with Crippen LogP contribution in [0.4, 0.5) is 5.69 Å². The van der Waals surface area contributed by atoms with Gasteiger partial charge in [-0.2, -0.15) is 5.12 Å². The highest BCUT2D eigenvalue weighted by Gasteiger charge is 2.06. The van der Waals surface area contributed by atoms with Crippen LogP contribution >= 0.6 is 12.6 Å². The minimum absolute atomic E-state index is 0.210. The number of amidine groups is 1. The number of anilines is 1. The molecule has 0 aliphatic carbocycles. The van der Waals surface area contributed by atoms with E-state index in [-0.39, 0.29) is 5.84 Å². The summed E-state index contributed by atoms with van der Waals surface area (Å²) in [5, 5.41) is 15.0. The largest absolute Gasteiger partial charge is 0.513 e. The molecule has 1 rings (SSSR count). The van der Waals surface area contributed by atoms with Crippen molar-refractivity contribution in [3.63, 3.8) is 0 Å². The fraction of sp³-hybridized carbons (Fsp3) is 0.214. The van der Waals surface area contributed by atoms with Crippen molar-refractivity contribution >= 4 is 29.8 Å². The summed E-state index contributed by atoms with van der Waals surface area (Å²) < 4.78 is 0. The van der Waals surface area contributed by atoms with Crippen LogP contribution in [0, 0.1) is 0 Å². The molecule has 0 saturated heterocycles. The molecule has 1 aromatic carbocycles. The Labute approximate surface area is 141 Å². The molecule has 9 N–H and O–H groups in total. The van der Waals surface area contributed by atoms with E-state index in [0.29, 0.717) is 24.5 Å². The first-order valence-corrected chi connectivity index (χ1v) is 7.33. The lowest BCUT2D eigenvalue weighted by atomic mass is 10.1. The maximum Gasteiger partial charge on any atom is 0.145 e. The van der Waals surface area contributed by atoms with Gasteiger partial charge in [0.15, 0.2) is 0 Å². The minimum atomic E-state index is 0.210. The van der Waals surface area contributed by atoms with Crippen molar-refractivity contribution in [2.45, 2.75) is 0 Å². The first kappa shape index (κ1) is 18.7. The average molecular weight is 337 g/mol. The van der Waals surface area contributed by atoms with E-state index in [9.17, 15) is 0 Å². The summed E-state index contributed by atoms with van der Waals surface area (Å²) in [4.78, 5) is 3.78. The lowest BCUT2D eigenvalue weighted by Gasteiger charge is -2.21. The lowest BCUT2D eigenvalue weighted by molar-refractivity contribution is 0.238. The number of hydrogen-bond acceptors (Lipinski definition) is 8. The number of benzene rings is 1. The van der Waals surface area contributed by atoms with E-state index in [0.717, 1.165) is 17.5 Å². The average Bonchev–Trinajstić information content (AvgIpc) is 2.56. The number of hydrazine groups is 2. The highest BCUT2D eigenvalue weighted by Crippen LogP contribution is 2.14. The third-order valence-corrected chi connectivity index (χ3v) is 3.19. The molecule has 0 spiro atoms. The van der Waals surface area contributed by atoms with Gasteiger partial charge in [-0.05, 0) is 23.1 Å². The number of nitrogens with two attached hydrogens (primary N) is 3. The van der Waals surface area contributed by atoms with Crippen molar-refractivity contribution in [3.8, 4) is 0 Å². The maximum absolute atomic E-state index is 9.07. The predicted octanol–water partition coefficient (Wildman–Crippen LogP) is 0.153. The molecule has 0 saturated carbocycles. The second-order valence-corrected chi connectivity index (χ2v) is 4.81. The van der Waals surface area contributed by atoms with Gasteiger partial charge in [-0.1, -0.05) is 12.1 Å². The molecule has 0 aromatic heterocycles. The molecule has 126 valence electrons. The van der Waals surface area contributed by atoms with E-state index in [4.69, 9.17) is 22.4 Å². The van der Waals surface area contributed by atoms with Crippen molar-refractivity contribution in [1.29, 1.82) is 0 Å². The van der Waals surface area contributed by atoms with Gasteiger partial charge in [0.2, 0.25) is 0 Å². The zero-order valence-corrected chi connectivity index (χ0v) is 13.8. The maximum atomic E-state index is 9.07. The number of thiol groups is 1. The Hall–Kier alpha value is -2.36. The Kier molecular flexibility index (Phi) is 7.81. The van der Waals surface area contributed by atoms with Crippen LogP contribution in [0.3, 0.4) is 0 Å². The van der Waals surface area contributed by atoms with Gasteiger partial charge in [-0.25, -0.2) is 0 Å². The van der Waals surface area contributed by atoms with Crippen LogP contribution in [-0.2, 0) is 0 Å². The molecule has 8 nitrogen and oxygen atoms in total. The second kappa shape index (κ2) is 9.62. The number of aliphatic hydroxyl groups is 1. The molecule has 0 amide bonds. The van der Waals surface area contributed by atoms with Crippen molar-refractivity contribution in [1.82, 2.24) is 15.9 Å². The standard InChI is InChI=1S/C14H23N7OS/c1-18-14(16)12(8-22)19-6-7-21(17)20-13(9-23)10-2-4-11(15)5-3-10/h2-5,8-9,19-20,22-23H,6-7,15,17H2,1H3,(H2,16,18)/b12-8?,13-9-. The SMILES string of the molecule is CN=C(N)C(=CO)NCCN(N)N/C(=C\S)c1ccc(N)cc1. The highest BCUT2D eigenvalue weighted by atomic mass is 32.1. The van der Waals surface area contributed by atoms with Gasteiger partial charge in [0.1, 0.15) is 17.8 Å². The van der Waals surface area contributed by atoms with Crippen LogP contribution < -0.4 is 28.1 Å². The summed E-state index contributed by atoms with van der Waals surface area (Å²) in [6.07, 6.45) is 0.865. The molecule has 0 unspecified atom stereocenters. The first-order chi connectivity index (χ1) is 11.0. The molecule has 0 radical (unpaired) electrons. The summed E-state index contributed by atoms with van der Waals surface area (Å²) in [5.74, 6) is 6.10. The van der Waals surface area contributed by atoms with E-state index >= 15 is 0 Å². The van der Waals surface area contributed by atoms with Crippen molar-refractivity contribution in [2.75, 3.05) is 25.9 Å².